The van der Waals surface area contributed by atoms with Gasteiger partial charge in [-0.15, -0.1) is 0 Å². The molecular weight excluding hydrogens is 240 g/mol. The van der Waals surface area contributed by atoms with E-state index in [0.717, 1.165) is 10.3 Å². The Balaban J connectivity index is 2.34. The summed E-state index contributed by atoms with van der Waals surface area (Å²) in [6.07, 6.45) is 3.87. The van der Waals surface area contributed by atoms with Gasteiger partial charge in [0, 0.05) is 12.4 Å². The second-order valence-corrected chi connectivity index (χ2v) is 3.98. The van der Waals surface area contributed by atoms with Gasteiger partial charge in [-0.2, -0.15) is 0 Å². The molecule has 1 atom stereocenters. The zero-order valence-electron chi connectivity index (χ0n) is 7.89. The minimum absolute atomic E-state index is 0.264. The van der Waals surface area contributed by atoms with E-state index >= 15 is 0 Å². The van der Waals surface area contributed by atoms with Crippen molar-refractivity contribution >= 4 is 15.9 Å². The number of nitrogens with zero attached hydrogens (tertiary/aromatic N) is 2. The average molecular weight is 251 g/mol. The molecule has 0 amide bonds. The highest BCUT2D eigenvalue weighted by Gasteiger charge is 2.09. The molecule has 72 valence electrons. The SMILES string of the molecule is CC(c1ccccn1)n1cccc1Br. The molecule has 2 nitrogen and oxygen atoms in total. The van der Waals surface area contributed by atoms with Gasteiger partial charge in [0.1, 0.15) is 0 Å². The second kappa shape index (κ2) is 3.96. The van der Waals surface area contributed by atoms with E-state index < -0.39 is 0 Å². The van der Waals surface area contributed by atoms with Crippen LogP contribution < -0.4 is 0 Å². The van der Waals surface area contributed by atoms with Crippen LogP contribution in [0.1, 0.15) is 18.7 Å². The smallest absolute Gasteiger partial charge is 0.0852 e. The fourth-order valence-electron chi connectivity index (χ4n) is 1.45. The number of hydrogen-bond donors (Lipinski definition) is 0. The van der Waals surface area contributed by atoms with Crippen LogP contribution >= 0.6 is 15.9 Å². The van der Waals surface area contributed by atoms with Crippen LogP contribution in [-0.2, 0) is 0 Å². The fourth-order valence-corrected chi connectivity index (χ4v) is 2.03. The summed E-state index contributed by atoms with van der Waals surface area (Å²) >= 11 is 3.50. The van der Waals surface area contributed by atoms with Crippen molar-refractivity contribution in [1.82, 2.24) is 9.55 Å². The predicted octanol–water partition coefficient (Wildman–Crippen LogP) is 3.25. The van der Waals surface area contributed by atoms with Crippen molar-refractivity contribution in [3.8, 4) is 0 Å². The molecule has 0 radical (unpaired) electrons. The monoisotopic (exact) mass is 250 g/mol. The van der Waals surface area contributed by atoms with E-state index in [4.69, 9.17) is 0 Å². The van der Waals surface area contributed by atoms with Crippen LogP contribution in [0.5, 0.6) is 0 Å². The summed E-state index contributed by atoms with van der Waals surface area (Å²) in [7, 11) is 0. The summed E-state index contributed by atoms with van der Waals surface area (Å²) in [6.45, 7) is 2.13. The van der Waals surface area contributed by atoms with Gasteiger partial charge in [-0.25, -0.2) is 0 Å². The summed E-state index contributed by atoms with van der Waals surface area (Å²) in [6, 6.07) is 10.3. The standard InChI is InChI=1S/C11H11BrN2/c1-9(10-5-2-3-7-13-10)14-8-4-6-11(14)12/h2-9H,1H3. The van der Waals surface area contributed by atoms with E-state index in [2.05, 4.69) is 32.4 Å². The topological polar surface area (TPSA) is 17.8 Å². The number of aromatic nitrogens is 2. The largest absolute Gasteiger partial charge is 0.334 e. The third-order valence-corrected chi connectivity index (χ3v) is 2.93. The molecule has 0 saturated carbocycles. The van der Waals surface area contributed by atoms with Crippen LogP contribution in [0, 0.1) is 0 Å². The Kier molecular flexibility index (Phi) is 2.68. The summed E-state index contributed by atoms with van der Waals surface area (Å²) in [4.78, 5) is 4.33. The first-order valence-corrected chi connectivity index (χ1v) is 5.31. The van der Waals surface area contributed by atoms with Gasteiger partial charge in [-0.3, -0.25) is 4.98 Å². The predicted molar refractivity (Wildman–Crippen MR) is 60.2 cm³/mol. The maximum absolute atomic E-state index is 4.33. The molecule has 2 aromatic heterocycles. The lowest BCUT2D eigenvalue weighted by Gasteiger charge is -2.14. The normalized spacial score (nSPS) is 12.7. The molecule has 2 aromatic rings. The molecule has 0 saturated heterocycles. The summed E-state index contributed by atoms with van der Waals surface area (Å²) < 4.78 is 3.22. The molecule has 2 heterocycles. The van der Waals surface area contributed by atoms with Crippen LogP contribution in [0.3, 0.4) is 0 Å². The van der Waals surface area contributed by atoms with Crippen LogP contribution in [0.2, 0.25) is 0 Å². The molecule has 0 bridgehead atoms. The van der Waals surface area contributed by atoms with Gasteiger partial charge in [0.25, 0.3) is 0 Å². The number of rotatable bonds is 2. The van der Waals surface area contributed by atoms with Crippen molar-refractivity contribution in [2.75, 3.05) is 0 Å². The summed E-state index contributed by atoms with van der Waals surface area (Å²) in [5.74, 6) is 0. The van der Waals surface area contributed by atoms with Gasteiger partial charge in [0.05, 0.1) is 16.3 Å². The van der Waals surface area contributed by atoms with Gasteiger partial charge in [-0.1, -0.05) is 6.07 Å². The Bertz CT molecular complexity index is 408. The maximum atomic E-state index is 4.33. The Morgan fingerprint density at radius 3 is 2.71 bits per heavy atom. The maximum Gasteiger partial charge on any atom is 0.0852 e. The van der Waals surface area contributed by atoms with Gasteiger partial charge in [0.2, 0.25) is 0 Å². The van der Waals surface area contributed by atoms with E-state index in [1.165, 1.54) is 0 Å². The molecule has 0 aliphatic carbocycles. The highest BCUT2D eigenvalue weighted by atomic mass is 79.9. The lowest BCUT2D eigenvalue weighted by Crippen LogP contribution is -2.06. The van der Waals surface area contributed by atoms with E-state index in [1.807, 2.05) is 42.7 Å². The van der Waals surface area contributed by atoms with Gasteiger partial charge in [0.15, 0.2) is 0 Å². The number of halogens is 1. The van der Waals surface area contributed by atoms with E-state index in [1.54, 1.807) is 0 Å². The highest BCUT2D eigenvalue weighted by Crippen LogP contribution is 2.21. The lowest BCUT2D eigenvalue weighted by atomic mass is 10.2. The quantitative estimate of drug-likeness (QED) is 0.801. The molecular formula is C11H11BrN2. The van der Waals surface area contributed by atoms with Gasteiger partial charge in [-0.05, 0) is 47.1 Å². The summed E-state index contributed by atoms with van der Waals surface area (Å²) in [5, 5.41) is 0. The van der Waals surface area contributed by atoms with Crippen LogP contribution in [0.15, 0.2) is 47.3 Å². The molecule has 0 fully saturated rings. The molecule has 0 N–H and O–H groups in total. The van der Waals surface area contributed by atoms with Crippen LogP contribution in [0.4, 0.5) is 0 Å². The highest BCUT2D eigenvalue weighted by molar-refractivity contribution is 9.10. The van der Waals surface area contributed by atoms with Crippen molar-refractivity contribution in [3.63, 3.8) is 0 Å². The second-order valence-electron chi connectivity index (χ2n) is 3.17. The van der Waals surface area contributed by atoms with E-state index in [0.29, 0.717) is 0 Å². The van der Waals surface area contributed by atoms with Crippen molar-refractivity contribution < 1.29 is 0 Å². The van der Waals surface area contributed by atoms with Crippen molar-refractivity contribution in [2.24, 2.45) is 0 Å². The minimum atomic E-state index is 0.264. The number of pyridine rings is 1. The van der Waals surface area contributed by atoms with Crippen molar-refractivity contribution in [3.05, 3.63) is 53.0 Å². The molecule has 2 rings (SSSR count). The van der Waals surface area contributed by atoms with E-state index in [-0.39, 0.29) is 6.04 Å². The Labute approximate surface area is 91.7 Å². The molecule has 0 spiro atoms. The first-order valence-electron chi connectivity index (χ1n) is 4.52. The lowest BCUT2D eigenvalue weighted by molar-refractivity contribution is 0.613. The Morgan fingerprint density at radius 2 is 2.14 bits per heavy atom. The Hall–Kier alpha value is -1.09. The molecule has 1 unspecified atom stereocenters. The zero-order valence-corrected chi connectivity index (χ0v) is 9.48. The molecule has 14 heavy (non-hydrogen) atoms. The van der Waals surface area contributed by atoms with Crippen LogP contribution in [0.25, 0.3) is 0 Å². The zero-order chi connectivity index (χ0) is 9.97. The fraction of sp³-hybridized carbons (Fsp3) is 0.182. The summed E-state index contributed by atoms with van der Waals surface area (Å²) in [5.41, 5.74) is 1.07. The molecule has 0 aliphatic rings. The third-order valence-electron chi connectivity index (χ3n) is 2.26. The minimum Gasteiger partial charge on any atom is -0.334 e. The van der Waals surface area contributed by atoms with Crippen LogP contribution in [-0.4, -0.2) is 9.55 Å². The molecule has 0 aliphatic heterocycles. The van der Waals surface area contributed by atoms with Crippen molar-refractivity contribution in [2.45, 2.75) is 13.0 Å². The van der Waals surface area contributed by atoms with Crippen molar-refractivity contribution in [1.29, 1.82) is 0 Å². The third kappa shape index (κ3) is 1.73. The number of hydrogen-bond acceptors (Lipinski definition) is 1. The van der Waals surface area contributed by atoms with Gasteiger partial charge >= 0.3 is 0 Å². The van der Waals surface area contributed by atoms with Gasteiger partial charge < -0.3 is 4.57 Å². The van der Waals surface area contributed by atoms with E-state index in [9.17, 15) is 0 Å². The molecule has 3 heteroatoms. The first kappa shape index (κ1) is 9.46. The first-order chi connectivity index (χ1) is 6.79. The Morgan fingerprint density at radius 1 is 1.29 bits per heavy atom. The average Bonchev–Trinajstić information content (AvgIpc) is 2.65. The molecule has 0 aromatic carbocycles.